The highest BCUT2D eigenvalue weighted by Gasteiger charge is 2.44. The van der Waals surface area contributed by atoms with E-state index in [-0.39, 0.29) is 13.2 Å². The number of nitrogens with one attached hydrogen (secondary N) is 1. The SMILES string of the molecule is Cc1c(COc2cc(OCc3cncc(C#N)c3)c(CN3CCCC[C@H]3C(=O)O)cc2Cl)cccc1-c1cccc(OCCCN2CC3(CCNC3)C2)c1C. The number of benzene rings is 3. The largest absolute Gasteiger partial charge is 0.493 e. The smallest absolute Gasteiger partial charge is 0.320 e. The van der Waals surface area contributed by atoms with E-state index in [0.717, 1.165) is 83.6 Å². The Morgan fingerprint density at radius 1 is 0.982 bits per heavy atom. The van der Waals surface area contributed by atoms with E-state index in [0.29, 0.717) is 53.6 Å². The van der Waals surface area contributed by atoms with Gasteiger partial charge in [0.15, 0.2) is 0 Å². The summed E-state index contributed by atoms with van der Waals surface area (Å²) in [6.45, 7) is 12.2. The first-order chi connectivity index (χ1) is 26.7. The molecule has 10 nitrogen and oxygen atoms in total. The summed E-state index contributed by atoms with van der Waals surface area (Å²) in [6.07, 6.45) is 7.87. The molecule has 4 heterocycles. The third-order valence-electron chi connectivity index (χ3n) is 11.4. The molecule has 0 unspecified atom stereocenters. The van der Waals surface area contributed by atoms with Gasteiger partial charge in [0.1, 0.15) is 42.6 Å². The van der Waals surface area contributed by atoms with Gasteiger partial charge in [-0.2, -0.15) is 5.26 Å². The maximum absolute atomic E-state index is 12.1. The Bertz CT molecular complexity index is 2040. The molecule has 3 aromatic carbocycles. The summed E-state index contributed by atoms with van der Waals surface area (Å²) in [7, 11) is 0. The lowest BCUT2D eigenvalue weighted by atomic mass is 9.79. The molecule has 0 saturated carbocycles. The zero-order chi connectivity index (χ0) is 38.4. The number of nitrogens with zero attached hydrogens (tertiary/aromatic N) is 4. The number of carboxylic acids is 1. The molecule has 0 radical (unpaired) electrons. The van der Waals surface area contributed by atoms with Crippen molar-refractivity contribution in [1.82, 2.24) is 20.1 Å². The Morgan fingerprint density at radius 2 is 1.78 bits per heavy atom. The molecule has 4 aromatic rings. The van der Waals surface area contributed by atoms with Crippen LogP contribution in [0.4, 0.5) is 0 Å². The normalized spacial score (nSPS) is 18.1. The van der Waals surface area contributed by atoms with Crippen molar-refractivity contribution in [2.24, 2.45) is 5.41 Å². The first-order valence-electron chi connectivity index (χ1n) is 19.4. The van der Waals surface area contributed by atoms with Crippen molar-refractivity contribution in [3.05, 3.63) is 105 Å². The van der Waals surface area contributed by atoms with E-state index >= 15 is 0 Å². The average Bonchev–Trinajstić information content (AvgIpc) is 3.67. The van der Waals surface area contributed by atoms with Crippen molar-refractivity contribution >= 4 is 17.6 Å². The van der Waals surface area contributed by atoms with Gasteiger partial charge in [-0.05, 0) is 98.6 Å². The van der Waals surface area contributed by atoms with E-state index in [1.54, 1.807) is 18.3 Å². The summed E-state index contributed by atoms with van der Waals surface area (Å²) in [4.78, 5) is 20.8. The quantitative estimate of drug-likeness (QED) is 0.118. The monoisotopic (exact) mass is 763 g/mol. The zero-order valence-electron chi connectivity index (χ0n) is 31.8. The van der Waals surface area contributed by atoms with E-state index in [4.69, 9.17) is 25.8 Å². The van der Waals surface area contributed by atoms with Crippen molar-refractivity contribution in [2.45, 2.75) is 71.8 Å². The van der Waals surface area contributed by atoms with Crippen LogP contribution in [0.15, 0.2) is 67.0 Å². The highest BCUT2D eigenvalue weighted by molar-refractivity contribution is 6.32. The standard InChI is InChI=1S/C44H50ClN5O5/c1-30-34(8-5-9-36(30)37-10-6-12-40(31(37)2)53-17-7-15-49-28-44(29-49)13-14-47-27-44)26-55-42-20-41(54-25-33-18-32(21-46)22-48-23-33)35(19-38(42)45)24-50-16-4-3-11-39(50)43(51)52/h5-6,8-10,12,18-20,22-23,39,47H,3-4,7,11,13-17,24-29H2,1-2H3,(H,51,52)/t39-/m0/s1. The number of likely N-dealkylation sites (tertiary alicyclic amines) is 2. The number of pyridine rings is 1. The Kier molecular flexibility index (Phi) is 12.2. The van der Waals surface area contributed by atoms with Gasteiger partial charge < -0.3 is 29.5 Å². The molecule has 0 bridgehead atoms. The molecular weight excluding hydrogens is 714 g/mol. The molecule has 288 valence electrons. The van der Waals surface area contributed by atoms with Gasteiger partial charge in [0, 0.05) is 67.7 Å². The van der Waals surface area contributed by atoms with Gasteiger partial charge in [0.05, 0.1) is 17.2 Å². The fourth-order valence-electron chi connectivity index (χ4n) is 8.36. The number of piperidine rings is 1. The van der Waals surface area contributed by atoms with Crippen LogP contribution in [0.3, 0.4) is 0 Å². The number of aromatic nitrogens is 1. The molecule has 1 atom stereocenters. The lowest BCUT2D eigenvalue weighted by Gasteiger charge is -2.48. The number of nitriles is 1. The third-order valence-corrected chi connectivity index (χ3v) is 11.7. The van der Waals surface area contributed by atoms with E-state index in [1.165, 1.54) is 25.7 Å². The van der Waals surface area contributed by atoms with Crippen molar-refractivity contribution in [3.8, 4) is 34.4 Å². The predicted octanol–water partition coefficient (Wildman–Crippen LogP) is 7.55. The molecule has 11 heteroatoms. The van der Waals surface area contributed by atoms with Crippen LogP contribution in [0, 0.1) is 30.6 Å². The summed E-state index contributed by atoms with van der Waals surface area (Å²) in [5, 5.41) is 23.2. The average molecular weight is 764 g/mol. The molecule has 1 aromatic heterocycles. The molecule has 0 amide bonds. The molecule has 3 saturated heterocycles. The number of hydrogen-bond acceptors (Lipinski definition) is 9. The second-order valence-electron chi connectivity index (χ2n) is 15.3. The minimum atomic E-state index is -0.827. The fourth-order valence-corrected chi connectivity index (χ4v) is 8.60. The highest BCUT2D eigenvalue weighted by atomic mass is 35.5. The van der Waals surface area contributed by atoms with Gasteiger partial charge in [-0.25, -0.2) is 0 Å². The van der Waals surface area contributed by atoms with Gasteiger partial charge >= 0.3 is 5.97 Å². The molecule has 3 aliphatic rings. The molecule has 1 spiro atoms. The number of aliphatic carboxylic acids is 1. The zero-order valence-corrected chi connectivity index (χ0v) is 32.5. The van der Waals surface area contributed by atoms with E-state index in [2.05, 4.69) is 65.4 Å². The van der Waals surface area contributed by atoms with Crippen LogP contribution in [0.5, 0.6) is 17.2 Å². The first-order valence-corrected chi connectivity index (χ1v) is 19.7. The van der Waals surface area contributed by atoms with E-state index < -0.39 is 12.0 Å². The van der Waals surface area contributed by atoms with Crippen molar-refractivity contribution in [1.29, 1.82) is 5.26 Å². The number of rotatable bonds is 15. The lowest BCUT2D eigenvalue weighted by Crippen LogP contribution is -2.57. The third kappa shape index (κ3) is 9.08. The summed E-state index contributed by atoms with van der Waals surface area (Å²) in [5.41, 5.74) is 7.95. The van der Waals surface area contributed by atoms with Crippen LogP contribution in [0.2, 0.25) is 5.02 Å². The van der Waals surface area contributed by atoms with Crippen LogP contribution in [-0.4, -0.2) is 77.8 Å². The number of ether oxygens (including phenoxy) is 3. The minimum Gasteiger partial charge on any atom is -0.493 e. The van der Waals surface area contributed by atoms with Crippen LogP contribution in [0.1, 0.15) is 65.5 Å². The number of halogens is 1. The maximum atomic E-state index is 12.1. The highest BCUT2D eigenvalue weighted by Crippen LogP contribution is 2.38. The van der Waals surface area contributed by atoms with Crippen molar-refractivity contribution in [2.75, 3.05) is 45.9 Å². The Balaban J connectivity index is 1.04. The molecular formula is C44H50ClN5O5. The summed E-state index contributed by atoms with van der Waals surface area (Å²) >= 11 is 6.87. The van der Waals surface area contributed by atoms with Gasteiger partial charge in [-0.3, -0.25) is 14.7 Å². The van der Waals surface area contributed by atoms with Crippen LogP contribution in [-0.2, 0) is 24.6 Å². The number of hydrogen-bond donors (Lipinski definition) is 2. The second-order valence-corrected chi connectivity index (χ2v) is 15.7. The van der Waals surface area contributed by atoms with Crippen molar-refractivity contribution < 1.29 is 24.1 Å². The second kappa shape index (κ2) is 17.4. The molecule has 2 N–H and O–H groups in total. The maximum Gasteiger partial charge on any atom is 0.320 e. The molecule has 7 rings (SSSR count). The Morgan fingerprint density at radius 3 is 2.56 bits per heavy atom. The summed E-state index contributed by atoms with van der Waals surface area (Å²) in [6, 6.07) is 19.4. The van der Waals surface area contributed by atoms with Gasteiger partial charge in [0.25, 0.3) is 0 Å². The Labute approximate surface area is 329 Å². The molecule has 3 fully saturated rings. The van der Waals surface area contributed by atoms with Gasteiger partial charge in [-0.15, -0.1) is 0 Å². The van der Waals surface area contributed by atoms with Crippen LogP contribution >= 0.6 is 11.6 Å². The lowest BCUT2D eigenvalue weighted by molar-refractivity contribution is -0.144. The molecule has 3 aliphatic heterocycles. The van der Waals surface area contributed by atoms with Crippen LogP contribution in [0.25, 0.3) is 11.1 Å². The summed E-state index contributed by atoms with van der Waals surface area (Å²) in [5.74, 6) is 1.08. The van der Waals surface area contributed by atoms with Crippen molar-refractivity contribution in [3.63, 3.8) is 0 Å². The van der Waals surface area contributed by atoms with E-state index in [9.17, 15) is 15.2 Å². The number of carbonyl (C=O) groups is 1. The van der Waals surface area contributed by atoms with Gasteiger partial charge in [-0.1, -0.05) is 48.4 Å². The molecule has 0 aliphatic carbocycles. The van der Waals surface area contributed by atoms with E-state index in [1.807, 2.05) is 17.0 Å². The summed E-state index contributed by atoms with van der Waals surface area (Å²) < 4.78 is 19.1. The molecule has 55 heavy (non-hydrogen) atoms. The first kappa shape index (κ1) is 38.6. The Hall–Kier alpha value is -4.66. The topological polar surface area (TPSA) is 120 Å². The predicted molar refractivity (Wildman–Crippen MR) is 213 cm³/mol. The van der Waals surface area contributed by atoms with Crippen LogP contribution < -0.4 is 19.5 Å². The number of carboxylic acid groups (broad SMARTS) is 1. The van der Waals surface area contributed by atoms with Gasteiger partial charge in [0.2, 0.25) is 0 Å². The fraction of sp³-hybridized carbons (Fsp3) is 0.432. The minimum absolute atomic E-state index is 0.166.